The predicted octanol–water partition coefficient (Wildman–Crippen LogP) is 3.45. The molecule has 1 fully saturated rings. The highest BCUT2D eigenvalue weighted by molar-refractivity contribution is 5.93. The van der Waals surface area contributed by atoms with Crippen molar-refractivity contribution in [2.75, 3.05) is 18.0 Å². The summed E-state index contributed by atoms with van der Waals surface area (Å²) in [6.07, 6.45) is 2.05. The van der Waals surface area contributed by atoms with Crippen LogP contribution in [0.4, 0.5) is 11.4 Å². The molecule has 1 heterocycles. The van der Waals surface area contributed by atoms with Crippen molar-refractivity contribution in [2.24, 2.45) is 0 Å². The number of rotatable bonds is 7. The number of piperidine rings is 1. The van der Waals surface area contributed by atoms with Gasteiger partial charge in [-0.3, -0.25) is 14.9 Å². The van der Waals surface area contributed by atoms with Crippen LogP contribution in [0.15, 0.2) is 48.5 Å². The highest BCUT2D eigenvalue weighted by atomic mass is 16.6. The fraction of sp³-hybridized carbons (Fsp3) is 0.364. The molecule has 8 nitrogen and oxygen atoms in total. The average molecular weight is 411 g/mol. The lowest BCUT2D eigenvalue weighted by Crippen LogP contribution is -2.35. The Hall–Kier alpha value is -3.42. The molecule has 8 heteroatoms. The summed E-state index contributed by atoms with van der Waals surface area (Å²) < 4.78 is 5.22. The van der Waals surface area contributed by atoms with Crippen LogP contribution in [0, 0.1) is 10.1 Å². The van der Waals surface area contributed by atoms with Crippen molar-refractivity contribution >= 4 is 23.3 Å². The van der Waals surface area contributed by atoms with Gasteiger partial charge < -0.3 is 15.0 Å². The SMILES string of the molecule is C[C@@H](OC(=O)c1ccc(N2CCCCC2)c([N+](=O)[O-])c1)C(=O)NCc1ccccc1. The third kappa shape index (κ3) is 5.34. The number of esters is 1. The minimum atomic E-state index is -1.03. The number of anilines is 1. The van der Waals surface area contributed by atoms with E-state index in [4.69, 9.17) is 4.74 Å². The second-order valence-corrected chi connectivity index (χ2v) is 7.26. The second kappa shape index (κ2) is 9.87. The standard InChI is InChI=1S/C22H25N3O5/c1-16(21(26)23-15-17-8-4-2-5-9-17)30-22(27)18-10-11-19(20(14-18)25(28)29)24-12-6-3-7-13-24/h2,4-5,8-11,14,16H,3,6-7,12-13,15H2,1H3,(H,23,26)/t16-/m1/s1. The maximum atomic E-state index is 12.5. The van der Waals surface area contributed by atoms with Gasteiger partial charge in [-0.2, -0.15) is 0 Å². The number of nitro groups is 1. The first-order valence-electron chi connectivity index (χ1n) is 10.0. The molecule has 2 aromatic rings. The average Bonchev–Trinajstić information content (AvgIpc) is 2.78. The van der Waals surface area contributed by atoms with Gasteiger partial charge in [0.1, 0.15) is 5.69 Å². The summed E-state index contributed by atoms with van der Waals surface area (Å²) in [4.78, 5) is 37.7. The molecule has 1 atom stereocenters. The van der Waals surface area contributed by atoms with Crippen LogP contribution in [0.3, 0.4) is 0 Å². The molecule has 3 rings (SSSR count). The van der Waals surface area contributed by atoms with Gasteiger partial charge in [0.2, 0.25) is 0 Å². The van der Waals surface area contributed by atoms with E-state index in [1.165, 1.54) is 19.1 Å². The predicted molar refractivity (Wildman–Crippen MR) is 112 cm³/mol. The molecule has 1 N–H and O–H groups in total. The highest BCUT2D eigenvalue weighted by Crippen LogP contribution is 2.31. The van der Waals surface area contributed by atoms with Crippen molar-refractivity contribution < 1.29 is 19.2 Å². The van der Waals surface area contributed by atoms with E-state index in [1.807, 2.05) is 35.2 Å². The third-order valence-electron chi connectivity index (χ3n) is 5.07. The Morgan fingerprint density at radius 1 is 1.13 bits per heavy atom. The maximum Gasteiger partial charge on any atom is 0.339 e. The molecule has 0 saturated carbocycles. The van der Waals surface area contributed by atoms with Crippen LogP contribution in [-0.2, 0) is 16.1 Å². The van der Waals surface area contributed by atoms with Crippen LogP contribution >= 0.6 is 0 Å². The summed E-state index contributed by atoms with van der Waals surface area (Å²) >= 11 is 0. The van der Waals surface area contributed by atoms with Crippen molar-refractivity contribution in [2.45, 2.75) is 38.8 Å². The number of amides is 1. The Bertz CT molecular complexity index is 910. The number of nitrogens with one attached hydrogen (secondary N) is 1. The Kier molecular flexibility index (Phi) is 7.00. The lowest BCUT2D eigenvalue weighted by atomic mass is 10.1. The molecule has 0 spiro atoms. The van der Waals surface area contributed by atoms with Gasteiger partial charge in [0.05, 0.1) is 10.5 Å². The zero-order valence-electron chi connectivity index (χ0n) is 16.9. The minimum Gasteiger partial charge on any atom is -0.449 e. The molecule has 158 valence electrons. The van der Waals surface area contributed by atoms with E-state index in [9.17, 15) is 19.7 Å². The maximum absolute atomic E-state index is 12.5. The molecule has 1 aliphatic rings. The van der Waals surface area contributed by atoms with Gasteiger partial charge in [0.25, 0.3) is 11.6 Å². The van der Waals surface area contributed by atoms with Crippen LogP contribution < -0.4 is 10.2 Å². The number of nitro benzene ring substituents is 1. The van der Waals surface area contributed by atoms with Crippen LogP contribution in [0.5, 0.6) is 0 Å². The number of hydrogen-bond acceptors (Lipinski definition) is 6. The summed E-state index contributed by atoms with van der Waals surface area (Å²) in [6, 6.07) is 13.7. The first-order chi connectivity index (χ1) is 14.5. The molecule has 1 aliphatic heterocycles. The van der Waals surface area contributed by atoms with Gasteiger partial charge >= 0.3 is 5.97 Å². The number of carbonyl (C=O) groups is 2. The van der Waals surface area contributed by atoms with Gasteiger partial charge in [-0.05, 0) is 43.9 Å². The number of ether oxygens (including phenoxy) is 1. The van der Waals surface area contributed by atoms with Crippen molar-refractivity contribution in [3.8, 4) is 0 Å². The highest BCUT2D eigenvalue weighted by Gasteiger charge is 2.25. The number of nitrogens with zero attached hydrogens (tertiary/aromatic N) is 2. The molecule has 2 aromatic carbocycles. The largest absolute Gasteiger partial charge is 0.449 e. The Morgan fingerprint density at radius 3 is 2.50 bits per heavy atom. The van der Waals surface area contributed by atoms with Gasteiger partial charge in [0, 0.05) is 25.7 Å². The van der Waals surface area contributed by atoms with Crippen molar-refractivity contribution in [3.05, 3.63) is 69.8 Å². The van der Waals surface area contributed by atoms with Gasteiger partial charge in [-0.1, -0.05) is 30.3 Å². The first kappa shape index (κ1) is 21.3. The molecule has 1 saturated heterocycles. The summed E-state index contributed by atoms with van der Waals surface area (Å²) in [7, 11) is 0. The van der Waals surface area contributed by atoms with Gasteiger partial charge in [-0.25, -0.2) is 4.79 Å². The molecule has 0 bridgehead atoms. The fourth-order valence-corrected chi connectivity index (χ4v) is 3.41. The minimum absolute atomic E-state index is 0.0465. The first-order valence-corrected chi connectivity index (χ1v) is 10.0. The molecule has 0 aromatic heterocycles. The number of carbonyl (C=O) groups excluding carboxylic acids is 2. The topological polar surface area (TPSA) is 102 Å². The summed E-state index contributed by atoms with van der Waals surface area (Å²) in [5.74, 6) is -1.21. The molecule has 30 heavy (non-hydrogen) atoms. The summed E-state index contributed by atoms with van der Waals surface area (Å²) in [5.41, 5.74) is 1.34. The smallest absolute Gasteiger partial charge is 0.339 e. The third-order valence-corrected chi connectivity index (χ3v) is 5.07. The molecule has 0 radical (unpaired) electrons. The van der Waals surface area contributed by atoms with Crippen LogP contribution in [0.2, 0.25) is 0 Å². The van der Waals surface area contributed by atoms with E-state index in [0.29, 0.717) is 12.2 Å². The van der Waals surface area contributed by atoms with E-state index in [2.05, 4.69) is 5.32 Å². The lowest BCUT2D eigenvalue weighted by Gasteiger charge is -2.28. The van der Waals surface area contributed by atoms with E-state index in [-0.39, 0.29) is 11.3 Å². The van der Waals surface area contributed by atoms with Gasteiger partial charge in [-0.15, -0.1) is 0 Å². The molecule has 0 unspecified atom stereocenters. The molecule has 0 aliphatic carbocycles. The second-order valence-electron chi connectivity index (χ2n) is 7.26. The van der Waals surface area contributed by atoms with Gasteiger partial charge in [0.15, 0.2) is 6.10 Å². The van der Waals surface area contributed by atoms with Crippen LogP contribution in [0.25, 0.3) is 0 Å². The normalized spacial score (nSPS) is 14.6. The Labute approximate surface area is 175 Å². The summed E-state index contributed by atoms with van der Waals surface area (Å²) in [5, 5.41) is 14.3. The fourth-order valence-electron chi connectivity index (χ4n) is 3.41. The number of hydrogen-bond donors (Lipinski definition) is 1. The van der Waals surface area contributed by atoms with E-state index in [1.54, 1.807) is 6.07 Å². The van der Waals surface area contributed by atoms with Crippen LogP contribution in [-0.4, -0.2) is 36.0 Å². The van der Waals surface area contributed by atoms with Crippen molar-refractivity contribution in [3.63, 3.8) is 0 Å². The Morgan fingerprint density at radius 2 is 1.83 bits per heavy atom. The molecule has 1 amide bonds. The quantitative estimate of drug-likeness (QED) is 0.425. The zero-order valence-corrected chi connectivity index (χ0v) is 16.9. The summed E-state index contributed by atoms with van der Waals surface area (Å²) in [6.45, 7) is 3.29. The van der Waals surface area contributed by atoms with Crippen LogP contribution in [0.1, 0.15) is 42.1 Å². The van der Waals surface area contributed by atoms with E-state index < -0.39 is 22.9 Å². The van der Waals surface area contributed by atoms with E-state index >= 15 is 0 Å². The molecular weight excluding hydrogens is 386 g/mol. The monoisotopic (exact) mass is 411 g/mol. The zero-order chi connectivity index (χ0) is 21.5. The molecular formula is C22H25N3O5. The lowest BCUT2D eigenvalue weighted by molar-refractivity contribution is -0.384. The van der Waals surface area contributed by atoms with E-state index in [0.717, 1.165) is 37.9 Å². The Balaban J connectivity index is 1.64. The van der Waals surface area contributed by atoms with Crippen molar-refractivity contribution in [1.29, 1.82) is 0 Å². The number of benzene rings is 2. The van der Waals surface area contributed by atoms with Crippen molar-refractivity contribution in [1.82, 2.24) is 5.32 Å².